The first kappa shape index (κ1) is 20.2. The molecule has 0 aromatic heterocycles. The van der Waals surface area contributed by atoms with Gasteiger partial charge in [0.2, 0.25) is 0 Å². The van der Waals surface area contributed by atoms with Crippen LogP contribution in [-0.4, -0.2) is 11.9 Å². The second-order valence-corrected chi connectivity index (χ2v) is 7.35. The Morgan fingerprint density at radius 2 is 1.48 bits per heavy atom. The Morgan fingerprint density at radius 3 is 2.04 bits per heavy atom. The van der Waals surface area contributed by atoms with E-state index in [1.165, 1.54) is 64.2 Å². The van der Waals surface area contributed by atoms with Gasteiger partial charge in [-0.25, -0.2) is 0 Å². The predicted molar refractivity (Wildman–Crippen MR) is 94.1 cm³/mol. The SMILES string of the molecule is CCCCCCCCCCC(C)CCCCC1CC(=O)OC1=O. The Balaban J connectivity index is 1.87. The van der Waals surface area contributed by atoms with Crippen LogP contribution in [0.25, 0.3) is 0 Å². The molecule has 0 aliphatic carbocycles. The fraction of sp³-hybridized carbons (Fsp3) is 0.900. The largest absolute Gasteiger partial charge is 0.393 e. The molecular weight excluding hydrogens is 288 g/mol. The molecule has 1 saturated heterocycles. The van der Waals surface area contributed by atoms with Crippen molar-refractivity contribution in [2.75, 3.05) is 0 Å². The van der Waals surface area contributed by atoms with Gasteiger partial charge in [0.1, 0.15) is 0 Å². The number of unbranched alkanes of at least 4 members (excludes halogenated alkanes) is 8. The second-order valence-electron chi connectivity index (χ2n) is 7.35. The zero-order valence-corrected chi connectivity index (χ0v) is 15.3. The summed E-state index contributed by atoms with van der Waals surface area (Å²) in [6.45, 7) is 4.61. The number of rotatable bonds is 14. The fourth-order valence-corrected chi connectivity index (χ4v) is 3.40. The van der Waals surface area contributed by atoms with Crippen LogP contribution in [0, 0.1) is 11.8 Å². The minimum absolute atomic E-state index is 0.162. The minimum Gasteiger partial charge on any atom is -0.393 e. The molecule has 0 aromatic carbocycles. The molecule has 0 radical (unpaired) electrons. The van der Waals surface area contributed by atoms with Crippen molar-refractivity contribution < 1.29 is 14.3 Å². The van der Waals surface area contributed by atoms with Crippen LogP contribution >= 0.6 is 0 Å². The topological polar surface area (TPSA) is 43.4 Å². The number of carbonyl (C=O) groups is 2. The fourth-order valence-electron chi connectivity index (χ4n) is 3.40. The minimum atomic E-state index is -0.344. The Kier molecular flexibility index (Phi) is 11.0. The van der Waals surface area contributed by atoms with Crippen molar-refractivity contribution in [3.05, 3.63) is 0 Å². The van der Waals surface area contributed by atoms with Gasteiger partial charge < -0.3 is 4.74 Å². The van der Waals surface area contributed by atoms with E-state index in [4.69, 9.17) is 0 Å². The van der Waals surface area contributed by atoms with E-state index in [2.05, 4.69) is 18.6 Å². The van der Waals surface area contributed by atoms with Crippen LogP contribution in [0.4, 0.5) is 0 Å². The molecule has 1 aliphatic heterocycles. The third kappa shape index (κ3) is 9.78. The molecule has 2 atom stereocenters. The molecule has 2 unspecified atom stereocenters. The zero-order valence-electron chi connectivity index (χ0n) is 15.3. The lowest BCUT2D eigenvalue weighted by Crippen LogP contribution is -2.07. The van der Waals surface area contributed by atoms with Crippen molar-refractivity contribution in [3.8, 4) is 0 Å². The van der Waals surface area contributed by atoms with Gasteiger partial charge >= 0.3 is 11.9 Å². The Bertz CT molecular complexity index is 338. The van der Waals surface area contributed by atoms with Crippen LogP contribution < -0.4 is 0 Å². The molecule has 3 heteroatoms. The number of hydrogen-bond acceptors (Lipinski definition) is 3. The highest BCUT2D eigenvalue weighted by atomic mass is 16.6. The molecule has 0 amide bonds. The molecule has 0 saturated carbocycles. The lowest BCUT2D eigenvalue weighted by atomic mass is 9.94. The molecule has 1 heterocycles. The summed E-state index contributed by atoms with van der Waals surface area (Å²) in [6.07, 6.45) is 17.0. The summed E-state index contributed by atoms with van der Waals surface area (Å²) in [6, 6.07) is 0. The van der Waals surface area contributed by atoms with Crippen molar-refractivity contribution in [1.82, 2.24) is 0 Å². The van der Waals surface area contributed by atoms with Crippen molar-refractivity contribution >= 4 is 11.9 Å². The average Bonchev–Trinajstić information content (AvgIpc) is 2.84. The summed E-state index contributed by atoms with van der Waals surface area (Å²) < 4.78 is 4.58. The van der Waals surface area contributed by atoms with Crippen molar-refractivity contribution in [1.29, 1.82) is 0 Å². The Labute approximate surface area is 142 Å². The highest BCUT2D eigenvalue weighted by Gasteiger charge is 2.32. The quantitative estimate of drug-likeness (QED) is 0.230. The monoisotopic (exact) mass is 324 g/mol. The third-order valence-electron chi connectivity index (χ3n) is 5.01. The number of ether oxygens (including phenoxy) is 1. The van der Waals surface area contributed by atoms with E-state index >= 15 is 0 Å². The molecule has 0 bridgehead atoms. The van der Waals surface area contributed by atoms with E-state index in [1.54, 1.807) is 0 Å². The maximum Gasteiger partial charge on any atom is 0.317 e. The molecule has 0 N–H and O–H groups in total. The first-order valence-corrected chi connectivity index (χ1v) is 9.88. The first-order chi connectivity index (χ1) is 11.1. The predicted octanol–water partition coefficient (Wildman–Crippen LogP) is 5.80. The summed E-state index contributed by atoms with van der Waals surface area (Å²) in [5, 5.41) is 0. The van der Waals surface area contributed by atoms with Crippen LogP contribution in [0.3, 0.4) is 0 Å². The summed E-state index contributed by atoms with van der Waals surface area (Å²) in [5.41, 5.74) is 0. The van der Waals surface area contributed by atoms with Crippen LogP contribution in [0.5, 0.6) is 0 Å². The molecule has 134 valence electrons. The molecule has 1 aliphatic rings. The number of esters is 2. The highest BCUT2D eigenvalue weighted by Crippen LogP contribution is 2.24. The van der Waals surface area contributed by atoms with E-state index in [0.717, 1.165) is 25.2 Å². The van der Waals surface area contributed by atoms with E-state index in [0.29, 0.717) is 6.42 Å². The van der Waals surface area contributed by atoms with Crippen LogP contribution in [0.1, 0.15) is 104 Å². The van der Waals surface area contributed by atoms with Crippen LogP contribution in [0.15, 0.2) is 0 Å². The number of hydrogen-bond donors (Lipinski definition) is 0. The van der Waals surface area contributed by atoms with Gasteiger partial charge in [-0.3, -0.25) is 9.59 Å². The molecule has 0 spiro atoms. The molecular formula is C20H36O3. The maximum atomic E-state index is 11.4. The number of cyclic esters (lactones) is 2. The smallest absolute Gasteiger partial charge is 0.317 e. The second kappa shape index (κ2) is 12.5. The maximum absolute atomic E-state index is 11.4. The molecule has 3 nitrogen and oxygen atoms in total. The summed E-state index contributed by atoms with van der Waals surface area (Å²) in [5.74, 6) is -0.0252. The van der Waals surface area contributed by atoms with Gasteiger partial charge in [-0.2, -0.15) is 0 Å². The van der Waals surface area contributed by atoms with E-state index in [9.17, 15) is 9.59 Å². The van der Waals surface area contributed by atoms with Gasteiger partial charge in [0, 0.05) is 0 Å². The molecule has 0 aromatic rings. The first-order valence-electron chi connectivity index (χ1n) is 9.88. The Hall–Kier alpha value is -0.860. The van der Waals surface area contributed by atoms with E-state index < -0.39 is 0 Å². The van der Waals surface area contributed by atoms with E-state index in [1.807, 2.05) is 0 Å². The van der Waals surface area contributed by atoms with Gasteiger partial charge in [-0.15, -0.1) is 0 Å². The molecule has 23 heavy (non-hydrogen) atoms. The van der Waals surface area contributed by atoms with Gasteiger partial charge in [0.05, 0.1) is 12.3 Å². The molecule has 1 fully saturated rings. The van der Waals surface area contributed by atoms with Crippen molar-refractivity contribution in [3.63, 3.8) is 0 Å². The lowest BCUT2D eigenvalue weighted by Gasteiger charge is -2.11. The summed E-state index contributed by atoms with van der Waals surface area (Å²) >= 11 is 0. The third-order valence-corrected chi connectivity index (χ3v) is 5.01. The van der Waals surface area contributed by atoms with Crippen molar-refractivity contribution in [2.24, 2.45) is 11.8 Å². The van der Waals surface area contributed by atoms with Crippen molar-refractivity contribution in [2.45, 2.75) is 104 Å². The lowest BCUT2D eigenvalue weighted by molar-refractivity contribution is -0.153. The normalized spacial score (nSPS) is 19.1. The van der Waals surface area contributed by atoms with Gasteiger partial charge in [-0.05, 0) is 12.3 Å². The molecule has 1 rings (SSSR count). The van der Waals surface area contributed by atoms with Crippen LogP contribution in [-0.2, 0) is 14.3 Å². The van der Waals surface area contributed by atoms with Gasteiger partial charge in [0.15, 0.2) is 0 Å². The summed E-state index contributed by atoms with van der Waals surface area (Å²) in [7, 11) is 0. The van der Waals surface area contributed by atoms with Crippen LogP contribution in [0.2, 0.25) is 0 Å². The zero-order chi connectivity index (χ0) is 16.9. The standard InChI is InChI=1S/C20H36O3/c1-3-4-5-6-7-8-9-10-13-17(2)14-11-12-15-18-16-19(21)23-20(18)22/h17-18H,3-16H2,1-2H3. The van der Waals surface area contributed by atoms with Gasteiger partial charge in [-0.1, -0.05) is 90.9 Å². The van der Waals surface area contributed by atoms with Gasteiger partial charge in [0.25, 0.3) is 0 Å². The summed E-state index contributed by atoms with van der Waals surface area (Å²) in [4.78, 5) is 22.4. The number of carbonyl (C=O) groups excluding carboxylic acids is 2. The van der Waals surface area contributed by atoms with E-state index in [-0.39, 0.29) is 17.9 Å². The Morgan fingerprint density at radius 1 is 0.913 bits per heavy atom. The average molecular weight is 325 g/mol. The highest BCUT2D eigenvalue weighted by molar-refractivity contribution is 5.94.